The van der Waals surface area contributed by atoms with Gasteiger partial charge in [-0.05, 0) is 19.1 Å². The third-order valence-electron chi connectivity index (χ3n) is 4.30. The Hall–Kier alpha value is -3.05. The van der Waals surface area contributed by atoms with Crippen LogP contribution in [0.5, 0.6) is 0 Å². The van der Waals surface area contributed by atoms with Gasteiger partial charge in [0.05, 0.1) is 9.82 Å². The lowest BCUT2D eigenvalue weighted by molar-refractivity contribution is -0.385. The molecule has 2 rings (SSSR count). The van der Waals surface area contributed by atoms with Gasteiger partial charge in [-0.2, -0.15) is 4.31 Å². The molecular formula is C18H22N4O6S. The van der Waals surface area contributed by atoms with Gasteiger partial charge in [0.1, 0.15) is 6.54 Å². The fraction of sp³-hybridized carbons (Fsp3) is 0.333. The largest absolute Gasteiger partial charge is 0.324 e. The van der Waals surface area contributed by atoms with Gasteiger partial charge in [-0.25, -0.2) is 8.42 Å². The van der Waals surface area contributed by atoms with Gasteiger partial charge in [-0.1, -0.05) is 19.9 Å². The van der Waals surface area contributed by atoms with E-state index in [1.165, 1.54) is 28.6 Å². The number of sulfonamides is 1. The topological polar surface area (TPSA) is 132 Å². The molecule has 29 heavy (non-hydrogen) atoms. The van der Waals surface area contributed by atoms with Crippen LogP contribution in [-0.4, -0.2) is 41.2 Å². The maximum atomic E-state index is 12.6. The molecule has 0 bridgehead atoms. The Balaban J connectivity index is 2.26. The molecule has 1 amide bonds. The van der Waals surface area contributed by atoms with E-state index in [0.29, 0.717) is 5.56 Å². The number of aryl methyl sites for hydroxylation is 1. The second-order valence-electron chi connectivity index (χ2n) is 6.23. The average molecular weight is 422 g/mol. The van der Waals surface area contributed by atoms with Crippen molar-refractivity contribution in [3.8, 4) is 0 Å². The zero-order valence-corrected chi connectivity index (χ0v) is 17.1. The van der Waals surface area contributed by atoms with Crippen molar-refractivity contribution >= 4 is 27.3 Å². The number of aromatic nitrogens is 1. The molecule has 0 saturated carbocycles. The summed E-state index contributed by atoms with van der Waals surface area (Å²) in [6, 6.07) is 6.51. The van der Waals surface area contributed by atoms with Crippen LogP contribution in [0.4, 0.5) is 11.4 Å². The Labute approximate surface area is 168 Å². The Morgan fingerprint density at radius 1 is 1.21 bits per heavy atom. The molecule has 1 N–H and O–H groups in total. The smallest absolute Gasteiger partial charge is 0.274 e. The van der Waals surface area contributed by atoms with Crippen LogP contribution in [-0.2, 0) is 21.4 Å². The zero-order valence-electron chi connectivity index (χ0n) is 16.3. The first-order valence-corrected chi connectivity index (χ1v) is 10.3. The Kier molecular flexibility index (Phi) is 6.88. The van der Waals surface area contributed by atoms with E-state index in [0.717, 1.165) is 16.8 Å². The first kappa shape index (κ1) is 22.2. The summed E-state index contributed by atoms with van der Waals surface area (Å²) in [6.07, 6.45) is 1.12. The van der Waals surface area contributed by atoms with Gasteiger partial charge in [0.15, 0.2) is 0 Å². The van der Waals surface area contributed by atoms with Gasteiger partial charge in [0.2, 0.25) is 15.9 Å². The van der Waals surface area contributed by atoms with Crippen LogP contribution in [0.25, 0.3) is 0 Å². The highest BCUT2D eigenvalue weighted by Crippen LogP contribution is 2.22. The normalized spacial score (nSPS) is 11.4. The van der Waals surface area contributed by atoms with Crippen LogP contribution in [0.2, 0.25) is 0 Å². The van der Waals surface area contributed by atoms with Crippen LogP contribution < -0.4 is 10.9 Å². The van der Waals surface area contributed by atoms with E-state index < -0.39 is 33.0 Å². The predicted octanol–water partition coefficient (Wildman–Crippen LogP) is 1.73. The first-order valence-electron chi connectivity index (χ1n) is 8.85. The van der Waals surface area contributed by atoms with Crippen LogP contribution in [0.3, 0.4) is 0 Å². The molecule has 0 aliphatic carbocycles. The molecule has 0 radical (unpaired) electrons. The predicted molar refractivity (Wildman–Crippen MR) is 107 cm³/mol. The molecule has 0 spiro atoms. The SMILES string of the molecule is CCN(CC)S(=O)(=O)c1ccc(=O)n(CC(=O)Nc2ccc(C)c([N+](=O)[O-])c2)c1. The molecule has 11 heteroatoms. The molecular weight excluding hydrogens is 400 g/mol. The van der Waals surface area contributed by atoms with E-state index in [-0.39, 0.29) is 29.4 Å². The molecule has 10 nitrogen and oxygen atoms in total. The molecule has 1 aromatic heterocycles. The average Bonchev–Trinajstić information content (AvgIpc) is 2.65. The summed E-state index contributed by atoms with van der Waals surface area (Å²) in [7, 11) is -3.79. The summed E-state index contributed by atoms with van der Waals surface area (Å²) in [5.41, 5.74) is -0.0494. The minimum absolute atomic E-state index is 0.0976. The van der Waals surface area contributed by atoms with E-state index >= 15 is 0 Å². The number of pyridine rings is 1. The fourth-order valence-electron chi connectivity index (χ4n) is 2.74. The number of rotatable bonds is 8. The summed E-state index contributed by atoms with van der Waals surface area (Å²) in [5.74, 6) is -0.623. The molecule has 0 aliphatic rings. The number of amides is 1. The maximum absolute atomic E-state index is 12.6. The lowest BCUT2D eigenvalue weighted by Crippen LogP contribution is -2.33. The minimum atomic E-state index is -3.79. The number of nitro groups is 1. The number of anilines is 1. The second kappa shape index (κ2) is 8.97. The van der Waals surface area contributed by atoms with Crippen molar-refractivity contribution < 1.29 is 18.1 Å². The van der Waals surface area contributed by atoms with Crippen molar-refractivity contribution in [2.24, 2.45) is 0 Å². The van der Waals surface area contributed by atoms with Crippen molar-refractivity contribution in [2.75, 3.05) is 18.4 Å². The quantitative estimate of drug-likeness (QED) is 0.509. The molecule has 1 aromatic carbocycles. The summed E-state index contributed by atoms with van der Waals surface area (Å²) >= 11 is 0. The number of carbonyl (C=O) groups is 1. The number of hydrogen-bond donors (Lipinski definition) is 1. The molecule has 0 fully saturated rings. The second-order valence-corrected chi connectivity index (χ2v) is 8.16. The van der Waals surface area contributed by atoms with Crippen molar-refractivity contribution in [1.29, 1.82) is 0 Å². The zero-order chi connectivity index (χ0) is 21.8. The molecule has 2 aromatic rings. The molecule has 0 aliphatic heterocycles. The molecule has 156 valence electrons. The number of nitrogens with zero attached hydrogens (tertiary/aromatic N) is 3. The van der Waals surface area contributed by atoms with Crippen molar-refractivity contribution in [1.82, 2.24) is 8.87 Å². The van der Waals surface area contributed by atoms with Crippen LogP contribution in [0.15, 0.2) is 46.2 Å². The number of nitrogens with one attached hydrogen (secondary N) is 1. The number of hydrogen-bond acceptors (Lipinski definition) is 6. The van der Waals surface area contributed by atoms with Crippen molar-refractivity contribution in [3.05, 3.63) is 62.6 Å². The Morgan fingerprint density at radius 2 is 1.86 bits per heavy atom. The van der Waals surface area contributed by atoms with Gasteiger partial charge in [-0.15, -0.1) is 0 Å². The molecule has 0 atom stereocenters. The fourth-order valence-corrected chi connectivity index (χ4v) is 4.22. The van der Waals surface area contributed by atoms with Crippen LogP contribution in [0.1, 0.15) is 19.4 Å². The maximum Gasteiger partial charge on any atom is 0.274 e. The third kappa shape index (κ3) is 5.06. The van der Waals surface area contributed by atoms with E-state index in [9.17, 15) is 28.1 Å². The highest BCUT2D eigenvalue weighted by molar-refractivity contribution is 7.89. The molecule has 0 saturated heterocycles. The van der Waals surface area contributed by atoms with Gasteiger partial charge >= 0.3 is 0 Å². The lowest BCUT2D eigenvalue weighted by Gasteiger charge is -2.19. The van der Waals surface area contributed by atoms with E-state index in [2.05, 4.69) is 5.32 Å². The number of nitro benzene ring substituents is 1. The monoisotopic (exact) mass is 422 g/mol. The van der Waals surface area contributed by atoms with Crippen LogP contribution >= 0.6 is 0 Å². The van der Waals surface area contributed by atoms with Gasteiger partial charge in [0.25, 0.3) is 11.2 Å². The number of benzene rings is 1. The van der Waals surface area contributed by atoms with Gasteiger partial charge in [0, 0.05) is 42.7 Å². The first-order chi connectivity index (χ1) is 13.6. The standard InChI is InChI=1S/C18H22N4O6S/c1-4-21(5-2)29(27,28)15-8-9-18(24)20(11-15)12-17(23)19-14-7-6-13(3)16(10-14)22(25)26/h6-11H,4-5,12H2,1-3H3,(H,19,23). The van der Waals surface area contributed by atoms with E-state index in [1.54, 1.807) is 20.8 Å². The summed E-state index contributed by atoms with van der Waals surface area (Å²) in [5, 5.41) is 13.5. The summed E-state index contributed by atoms with van der Waals surface area (Å²) < 4.78 is 27.4. The summed E-state index contributed by atoms with van der Waals surface area (Å²) in [6.45, 7) is 5.07. The van der Waals surface area contributed by atoms with Crippen molar-refractivity contribution in [2.45, 2.75) is 32.2 Å². The van der Waals surface area contributed by atoms with E-state index in [1.807, 2.05) is 0 Å². The third-order valence-corrected chi connectivity index (χ3v) is 6.34. The van der Waals surface area contributed by atoms with Crippen molar-refractivity contribution in [3.63, 3.8) is 0 Å². The van der Waals surface area contributed by atoms with Crippen LogP contribution in [0, 0.1) is 17.0 Å². The Morgan fingerprint density at radius 3 is 2.45 bits per heavy atom. The van der Waals surface area contributed by atoms with Gasteiger partial charge < -0.3 is 9.88 Å². The summed E-state index contributed by atoms with van der Waals surface area (Å²) in [4.78, 5) is 34.7. The molecule has 0 unspecified atom stereocenters. The minimum Gasteiger partial charge on any atom is -0.324 e. The lowest BCUT2D eigenvalue weighted by atomic mass is 10.2. The number of carbonyl (C=O) groups excluding carboxylic acids is 1. The van der Waals surface area contributed by atoms with E-state index in [4.69, 9.17) is 0 Å². The highest BCUT2D eigenvalue weighted by Gasteiger charge is 2.22. The Bertz CT molecular complexity index is 1090. The van der Waals surface area contributed by atoms with Gasteiger partial charge in [-0.3, -0.25) is 19.7 Å². The molecule has 1 heterocycles. The highest BCUT2D eigenvalue weighted by atomic mass is 32.2.